The summed E-state index contributed by atoms with van der Waals surface area (Å²) < 4.78 is 7.89. The van der Waals surface area contributed by atoms with Gasteiger partial charge >= 0.3 is 0 Å². The Balaban J connectivity index is 0.00000256. The van der Waals surface area contributed by atoms with Crippen molar-refractivity contribution in [3.8, 4) is 0 Å². The first-order chi connectivity index (χ1) is 14.2. The molecule has 2 aromatic carbocycles. The molecule has 4 rings (SSSR count). The van der Waals surface area contributed by atoms with Gasteiger partial charge in [-0.2, -0.15) is 5.10 Å². The molecule has 0 bridgehead atoms. The Hall–Kier alpha value is -2.81. The minimum Gasteiger partial charge on any atom is -0.459 e. The highest BCUT2D eigenvalue weighted by molar-refractivity contribution is 14.0. The second kappa shape index (κ2) is 10.3. The van der Waals surface area contributed by atoms with Gasteiger partial charge in [0, 0.05) is 36.9 Å². The van der Waals surface area contributed by atoms with Gasteiger partial charge in [0.1, 0.15) is 11.3 Å². The van der Waals surface area contributed by atoms with Gasteiger partial charge in [0.25, 0.3) is 0 Å². The summed E-state index contributed by atoms with van der Waals surface area (Å²) in [5.74, 6) is 1.66. The third-order valence-electron chi connectivity index (χ3n) is 4.94. The van der Waals surface area contributed by atoms with Crippen molar-refractivity contribution >= 4 is 40.9 Å². The van der Waals surface area contributed by atoms with Crippen LogP contribution < -0.4 is 10.6 Å². The van der Waals surface area contributed by atoms with Crippen LogP contribution in [0, 0.1) is 6.92 Å². The minimum absolute atomic E-state index is 0. The number of nitrogens with one attached hydrogen (secondary N) is 2. The molecule has 0 amide bonds. The van der Waals surface area contributed by atoms with Crippen molar-refractivity contribution in [2.24, 2.45) is 4.99 Å². The molecule has 2 aromatic heterocycles. The average molecular weight is 515 g/mol. The normalized spacial score (nSPS) is 11.3. The summed E-state index contributed by atoms with van der Waals surface area (Å²) in [7, 11) is 1.77. The van der Waals surface area contributed by atoms with Crippen LogP contribution in [0.1, 0.15) is 22.5 Å². The second-order valence-electron chi connectivity index (χ2n) is 6.95. The number of aryl methyl sites for hydroxylation is 1. The molecule has 156 valence electrons. The van der Waals surface area contributed by atoms with E-state index < -0.39 is 0 Å². The monoisotopic (exact) mass is 515 g/mol. The predicted molar refractivity (Wildman–Crippen MR) is 131 cm³/mol. The number of furan rings is 1. The van der Waals surface area contributed by atoms with Crippen LogP contribution in [0.25, 0.3) is 11.0 Å². The Kier molecular flexibility index (Phi) is 7.51. The maximum absolute atomic E-state index is 5.97. The lowest BCUT2D eigenvalue weighted by molar-refractivity contribution is 0.534. The third kappa shape index (κ3) is 5.21. The predicted octanol–water partition coefficient (Wildman–Crippen LogP) is 4.47. The Labute approximate surface area is 193 Å². The van der Waals surface area contributed by atoms with Crippen molar-refractivity contribution in [3.63, 3.8) is 0 Å². The largest absolute Gasteiger partial charge is 0.459 e. The van der Waals surface area contributed by atoms with Gasteiger partial charge in [0.2, 0.25) is 0 Å². The number of rotatable bonds is 6. The van der Waals surface area contributed by atoms with Crippen molar-refractivity contribution in [1.82, 2.24) is 20.4 Å². The van der Waals surface area contributed by atoms with E-state index >= 15 is 0 Å². The van der Waals surface area contributed by atoms with Gasteiger partial charge in [-0.15, -0.1) is 24.0 Å². The highest BCUT2D eigenvalue weighted by Crippen LogP contribution is 2.24. The molecule has 0 saturated heterocycles. The molecule has 0 spiro atoms. The van der Waals surface area contributed by atoms with E-state index in [1.807, 2.05) is 35.1 Å². The fraction of sp³-hybridized carbons (Fsp3) is 0.217. The summed E-state index contributed by atoms with van der Waals surface area (Å²) in [4.78, 5) is 4.32. The van der Waals surface area contributed by atoms with Crippen LogP contribution in [0.4, 0.5) is 0 Å². The number of nitrogens with zero attached hydrogens (tertiary/aromatic N) is 3. The summed E-state index contributed by atoms with van der Waals surface area (Å²) in [5.41, 5.74) is 4.49. The first-order valence-electron chi connectivity index (χ1n) is 9.69. The van der Waals surface area contributed by atoms with Gasteiger partial charge in [-0.1, -0.05) is 42.5 Å². The highest BCUT2D eigenvalue weighted by Gasteiger charge is 2.10. The van der Waals surface area contributed by atoms with E-state index in [0.29, 0.717) is 13.1 Å². The van der Waals surface area contributed by atoms with E-state index in [1.54, 1.807) is 13.2 Å². The van der Waals surface area contributed by atoms with Crippen molar-refractivity contribution in [3.05, 3.63) is 89.4 Å². The molecule has 7 heteroatoms. The smallest absolute Gasteiger partial charge is 0.191 e. The van der Waals surface area contributed by atoms with Gasteiger partial charge in [-0.25, -0.2) is 0 Å². The number of hydrogen-bond donors (Lipinski definition) is 2. The minimum atomic E-state index is 0. The Bertz CT molecular complexity index is 1120. The van der Waals surface area contributed by atoms with E-state index in [0.717, 1.165) is 34.8 Å². The lowest BCUT2D eigenvalue weighted by atomic mass is 10.1. The molecule has 4 aromatic rings. The molecule has 0 aliphatic heterocycles. The summed E-state index contributed by atoms with van der Waals surface area (Å²) in [6.45, 7) is 4.12. The second-order valence-corrected chi connectivity index (χ2v) is 6.95. The number of fused-ring (bicyclic) bond motifs is 1. The standard InChI is InChI=1S/C23H25N5O.HI/c1-17-20-9-3-4-10-21(20)29-22(17)15-26-23(24-2)25-14-18-7-5-8-19(13-18)16-28-12-6-11-27-28;/h3-13H,14-16H2,1-2H3,(H2,24,25,26);1H. The molecule has 0 radical (unpaired) electrons. The van der Waals surface area contributed by atoms with Crippen molar-refractivity contribution in [2.75, 3.05) is 7.05 Å². The molecule has 2 N–H and O–H groups in total. The third-order valence-corrected chi connectivity index (χ3v) is 4.94. The molecular formula is C23H26IN5O. The van der Waals surface area contributed by atoms with Crippen LogP contribution in [-0.2, 0) is 19.6 Å². The fourth-order valence-electron chi connectivity index (χ4n) is 3.38. The number of halogens is 1. The number of benzene rings is 2. The van der Waals surface area contributed by atoms with E-state index in [9.17, 15) is 0 Å². The molecule has 2 heterocycles. The SMILES string of the molecule is CN=C(NCc1cccc(Cn2cccn2)c1)NCc1oc2ccccc2c1C.I. The van der Waals surface area contributed by atoms with Crippen LogP contribution in [0.2, 0.25) is 0 Å². The highest BCUT2D eigenvalue weighted by atomic mass is 127. The zero-order valence-electron chi connectivity index (χ0n) is 17.1. The first-order valence-corrected chi connectivity index (χ1v) is 9.69. The zero-order valence-corrected chi connectivity index (χ0v) is 19.5. The van der Waals surface area contributed by atoms with Crippen LogP contribution in [-0.4, -0.2) is 22.8 Å². The molecule has 0 aliphatic rings. The zero-order chi connectivity index (χ0) is 20.1. The maximum atomic E-state index is 5.97. The van der Waals surface area contributed by atoms with Crippen LogP contribution in [0.15, 0.2) is 76.4 Å². The average Bonchev–Trinajstić information content (AvgIpc) is 3.37. The number of aliphatic imine (C=N–C) groups is 1. The lowest BCUT2D eigenvalue weighted by Crippen LogP contribution is -2.36. The van der Waals surface area contributed by atoms with E-state index in [2.05, 4.69) is 58.0 Å². The van der Waals surface area contributed by atoms with Gasteiger partial charge in [0.15, 0.2) is 5.96 Å². The molecule has 0 unspecified atom stereocenters. The van der Waals surface area contributed by atoms with Gasteiger partial charge in [-0.3, -0.25) is 9.67 Å². The molecule has 0 fully saturated rings. The fourth-order valence-corrected chi connectivity index (χ4v) is 3.38. The van der Waals surface area contributed by atoms with Crippen molar-refractivity contribution in [2.45, 2.75) is 26.6 Å². The van der Waals surface area contributed by atoms with Gasteiger partial charge in [-0.05, 0) is 30.2 Å². The number of aromatic nitrogens is 2. The summed E-state index contributed by atoms with van der Waals surface area (Å²) in [6.07, 6.45) is 3.77. The van der Waals surface area contributed by atoms with Crippen molar-refractivity contribution < 1.29 is 4.42 Å². The number of hydrogen-bond acceptors (Lipinski definition) is 3. The quantitative estimate of drug-likeness (QED) is 0.226. The van der Waals surface area contributed by atoms with Gasteiger partial charge in [0.05, 0.1) is 13.1 Å². The maximum Gasteiger partial charge on any atom is 0.191 e. The Morgan fingerprint density at radius 3 is 2.60 bits per heavy atom. The summed E-state index contributed by atoms with van der Waals surface area (Å²) in [6, 6.07) is 18.5. The van der Waals surface area contributed by atoms with Gasteiger partial charge < -0.3 is 15.1 Å². The molecule has 0 saturated carbocycles. The molecule has 0 atom stereocenters. The lowest BCUT2D eigenvalue weighted by Gasteiger charge is -2.12. The molecule has 0 aliphatic carbocycles. The topological polar surface area (TPSA) is 67.4 Å². The van der Waals surface area contributed by atoms with Crippen LogP contribution in [0.5, 0.6) is 0 Å². The van der Waals surface area contributed by atoms with Crippen molar-refractivity contribution in [1.29, 1.82) is 0 Å². The van der Waals surface area contributed by atoms with Crippen LogP contribution >= 0.6 is 24.0 Å². The van der Waals surface area contributed by atoms with E-state index in [4.69, 9.17) is 4.42 Å². The Morgan fingerprint density at radius 2 is 1.83 bits per heavy atom. The summed E-state index contributed by atoms with van der Waals surface area (Å²) in [5, 5.41) is 12.1. The molecular weight excluding hydrogens is 489 g/mol. The number of para-hydroxylation sites is 1. The van der Waals surface area contributed by atoms with E-state index in [1.165, 1.54) is 11.1 Å². The van der Waals surface area contributed by atoms with E-state index in [-0.39, 0.29) is 24.0 Å². The van der Waals surface area contributed by atoms with Crippen LogP contribution in [0.3, 0.4) is 0 Å². The molecule has 6 nitrogen and oxygen atoms in total. The summed E-state index contributed by atoms with van der Waals surface area (Å²) >= 11 is 0. The molecule has 30 heavy (non-hydrogen) atoms. The Morgan fingerprint density at radius 1 is 1.03 bits per heavy atom. The first kappa shape index (κ1) is 21.9. The number of guanidine groups is 1.